The van der Waals surface area contributed by atoms with Crippen LogP contribution in [0.4, 0.5) is 0 Å². The van der Waals surface area contributed by atoms with E-state index in [1.807, 2.05) is 0 Å². The molecule has 3 aliphatic carbocycles. The fourth-order valence-corrected chi connectivity index (χ4v) is 6.95. The minimum atomic E-state index is -2.99. The summed E-state index contributed by atoms with van der Waals surface area (Å²) in [7, 11) is 2.88. The molecule has 6 atom stereocenters. The van der Waals surface area contributed by atoms with Crippen molar-refractivity contribution in [3.8, 4) is 5.75 Å². The van der Waals surface area contributed by atoms with Crippen LogP contribution in [0.2, 0.25) is 0 Å². The average Bonchev–Trinajstić information content (AvgIpc) is 2.85. The molecule has 41 heavy (non-hydrogen) atoms. The first-order valence-electron chi connectivity index (χ1n) is 13.2. The Morgan fingerprint density at radius 3 is 2.34 bits per heavy atom. The molecule has 1 aromatic rings. The number of aliphatic hydroxyl groups is 4. The fraction of sp³-hybridized carbons (Fsp3) is 0.536. The van der Waals surface area contributed by atoms with E-state index in [4.69, 9.17) is 5.73 Å². The summed E-state index contributed by atoms with van der Waals surface area (Å²) in [5.41, 5.74) is 0.741. The van der Waals surface area contributed by atoms with Crippen LogP contribution in [-0.4, -0.2) is 91.2 Å². The molecule has 13 nitrogen and oxygen atoms in total. The monoisotopic (exact) mass is 573 g/mol. The normalized spacial score (nSPS) is 29.8. The van der Waals surface area contributed by atoms with E-state index in [9.17, 15) is 50.0 Å². The number of carbonyl (C=O) groups excluding carboxylic acids is 3. The van der Waals surface area contributed by atoms with Gasteiger partial charge in [0.2, 0.25) is 12.3 Å². The first-order valence-corrected chi connectivity index (χ1v) is 13.2. The van der Waals surface area contributed by atoms with E-state index in [2.05, 4.69) is 0 Å². The van der Waals surface area contributed by atoms with Crippen LogP contribution in [0.1, 0.15) is 56.2 Å². The van der Waals surface area contributed by atoms with Crippen LogP contribution in [0, 0.1) is 22.0 Å². The van der Waals surface area contributed by atoms with Gasteiger partial charge in [0.05, 0.1) is 23.6 Å². The Morgan fingerprint density at radius 1 is 1.20 bits per heavy atom. The number of aliphatic hydroxyl groups excluding tert-OH is 3. The van der Waals surface area contributed by atoms with Crippen LogP contribution in [0.15, 0.2) is 29.0 Å². The topological polar surface area (TPSA) is 225 Å². The van der Waals surface area contributed by atoms with Crippen molar-refractivity contribution in [2.24, 2.45) is 17.6 Å². The number of nitrogens with zero attached hydrogens (tertiary/aromatic N) is 2. The van der Waals surface area contributed by atoms with Gasteiger partial charge in [0.15, 0.2) is 11.4 Å². The Balaban J connectivity index is 1.95. The number of likely N-dealkylation sites (N-methyl/N-ethyl adjacent to an activating group) is 1. The van der Waals surface area contributed by atoms with Crippen LogP contribution in [0.5, 0.6) is 5.75 Å². The highest BCUT2D eigenvalue weighted by Crippen LogP contribution is 2.57. The number of carbonyl (C=O) groups is 3. The van der Waals surface area contributed by atoms with Crippen molar-refractivity contribution in [3.05, 3.63) is 55.8 Å². The number of phenols is 1. The summed E-state index contributed by atoms with van der Waals surface area (Å²) in [6, 6.07) is 1.83. The summed E-state index contributed by atoms with van der Waals surface area (Å²) in [5, 5.41) is 68.1. The summed E-state index contributed by atoms with van der Waals surface area (Å²) in [6.07, 6.45) is -1.13. The molecule has 1 fully saturated rings. The summed E-state index contributed by atoms with van der Waals surface area (Å²) in [5.74, 6) is -9.49. The van der Waals surface area contributed by atoms with Gasteiger partial charge in [-0.15, -0.1) is 0 Å². The third-order valence-electron chi connectivity index (χ3n) is 9.00. The van der Waals surface area contributed by atoms with Crippen molar-refractivity contribution in [2.45, 2.75) is 62.7 Å². The van der Waals surface area contributed by atoms with Gasteiger partial charge in [-0.25, -0.2) is 0 Å². The van der Waals surface area contributed by atoms with Crippen molar-refractivity contribution >= 4 is 23.2 Å². The van der Waals surface area contributed by atoms with Crippen molar-refractivity contribution in [1.29, 1.82) is 0 Å². The first-order chi connectivity index (χ1) is 18.9. The molecule has 4 rings (SSSR count). The van der Waals surface area contributed by atoms with Gasteiger partial charge in [-0.3, -0.25) is 29.4 Å². The third kappa shape index (κ3) is 4.21. The number of aromatic hydroxyl groups is 1. The number of ketones is 2. The molecule has 0 aliphatic heterocycles. The lowest BCUT2D eigenvalue weighted by Crippen LogP contribution is -2.70. The number of hydrogen-bond acceptors (Lipinski definition) is 11. The number of benzene rings is 1. The van der Waals surface area contributed by atoms with E-state index in [0.29, 0.717) is 17.5 Å². The molecule has 222 valence electrons. The molecule has 0 heterocycles. The predicted octanol–water partition coefficient (Wildman–Crippen LogP) is 0.830. The van der Waals surface area contributed by atoms with E-state index < -0.39 is 86.0 Å². The van der Waals surface area contributed by atoms with Crippen LogP contribution >= 0.6 is 0 Å². The maximum absolute atomic E-state index is 14.1. The smallest absolute Gasteiger partial charge is 0.255 e. The summed E-state index contributed by atoms with van der Waals surface area (Å²) < 4.78 is 0. The molecule has 13 heteroatoms. The lowest BCUT2D eigenvalue weighted by Gasteiger charge is -2.53. The largest absolute Gasteiger partial charge is 0.508 e. The average molecular weight is 574 g/mol. The molecule has 6 unspecified atom stereocenters. The van der Waals surface area contributed by atoms with Gasteiger partial charge >= 0.3 is 0 Å². The molecular weight excluding hydrogens is 538 g/mol. The second-order valence-corrected chi connectivity index (χ2v) is 12.0. The molecule has 3 aliphatic rings. The lowest BCUT2D eigenvalue weighted by molar-refractivity contribution is -0.480. The number of rotatable bonds is 7. The lowest BCUT2D eigenvalue weighted by atomic mass is 9.54. The van der Waals surface area contributed by atoms with E-state index in [0.717, 1.165) is 0 Å². The molecule has 1 aromatic carbocycles. The van der Waals surface area contributed by atoms with E-state index >= 15 is 0 Å². The first kappa shape index (κ1) is 30.2. The summed E-state index contributed by atoms with van der Waals surface area (Å²) in [6.45, 7) is 4.92. The molecule has 0 saturated heterocycles. The Hall–Kier alpha value is -3.81. The SMILES string of the molecule is CC1c2ccc(C(C)(C)CCC[N+](=O)[O-])c(O)c2C(O)=C2C(=O)C3(O)C(O)=C(C(N)=O)C(=O)C(N(C)C)C3C(O)C21. The van der Waals surface area contributed by atoms with Crippen molar-refractivity contribution < 1.29 is 44.8 Å². The Bertz CT molecular complexity index is 1430. The second-order valence-electron chi connectivity index (χ2n) is 12.0. The number of nitrogens with two attached hydrogens (primary N) is 1. The summed E-state index contributed by atoms with van der Waals surface area (Å²) in [4.78, 5) is 51.1. The van der Waals surface area contributed by atoms with Gasteiger partial charge in [-0.2, -0.15) is 0 Å². The number of Topliss-reactive ketones (excluding diaryl/α,β-unsaturated/α-hetero) is 2. The molecule has 0 bridgehead atoms. The molecule has 0 aromatic heterocycles. The second kappa shape index (κ2) is 9.93. The maximum Gasteiger partial charge on any atom is 0.255 e. The zero-order chi connectivity index (χ0) is 30.9. The predicted molar refractivity (Wildman–Crippen MR) is 144 cm³/mol. The number of nitro groups is 1. The number of amides is 1. The minimum Gasteiger partial charge on any atom is -0.508 e. The molecule has 0 spiro atoms. The quantitative estimate of drug-likeness (QED) is 0.152. The summed E-state index contributed by atoms with van der Waals surface area (Å²) >= 11 is 0. The van der Waals surface area contributed by atoms with Crippen LogP contribution in [-0.2, 0) is 19.8 Å². The number of hydrogen-bond donors (Lipinski definition) is 6. The van der Waals surface area contributed by atoms with Gasteiger partial charge in [0.1, 0.15) is 22.8 Å². The Kier molecular flexibility index (Phi) is 7.30. The Labute approximate surface area is 235 Å². The third-order valence-corrected chi connectivity index (χ3v) is 9.00. The molecule has 7 N–H and O–H groups in total. The highest BCUT2D eigenvalue weighted by atomic mass is 16.6. The van der Waals surface area contributed by atoms with Crippen LogP contribution in [0.25, 0.3) is 5.76 Å². The van der Waals surface area contributed by atoms with Crippen LogP contribution < -0.4 is 5.73 Å². The molecule has 0 radical (unpaired) electrons. The van der Waals surface area contributed by atoms with Gasteiger partial charge in [0, 0.05) is 28.4 Å². The fourth-order valence-electron chi connectivity index (χ4n) is 6.95. The van der Waals surface area contributed by atoms with Gasteiger partial charge in [-0.1, -0.05) is 32.9 Å². The van der Waals surface area contributed by atoms with E-state index in [1.165, 1.54) is 19.0 Å². The van der Waals surface area contributed by atoms with Gasteiger partial charge in [-0.05, 0) is 37.4 Å². The highest BCUT2D eigenvalue weighted by molar-refractivity contribution is 6.24. The van der Waals surface area contributed by atoms with E-state index in [1.54, 1.807) is 32.9 Å². The van der Waals surface area contributed by atoms with Gasteiger partial charge in [0.25, 0.3) is 5.91 Å². The van der Waals surface area contributed by atoms with Crippen LogP contribution in [0.3, 0.4) is 0 Å². The van der Waals surface area contributed by atoms with Crippen molar-refractivity contribution in [3.63, 3.8) is 0 Å². The van der Waals surface area contributed by atoms with Gasteiger partial charge < -0.3 is 31.3 Å². The minimum absolute atomic E-state index is 0.110. The Morgan fingerprint density at radius 2 is 1.80 bits per heavy atom. The number of fused-ring (bicyclic) bond motifs is 3. The maximum atomic E-state index is 14.1. The van der Waals surface area contributed by atoms with Crippen molar-refractivity contribution in [1.82, 2.24) is 4.90 Å². The number of phenolic OH excluding ortho intramolecular Hbond substituents is 1. The zero-order valence-corrected chi connectivity index (χ0v) is 23.4. The molecule has 1 amide bonds. The number of primary amides is 1. The van der Waals surface area contributed by atoms with Crippen molar-refractivity contribution in [2.75, 3.05) is 20.6 Å². The van der Waals surface area contributed by atoms with E-state index in [-0.39, 0.29) is 24.3 Å². The molecular formula is C28H35N3O10. The zero-order valence-electron chi connectivity index (χ0n) is 23.4. The standard InChI is InChI=1S/C28H35N3O10/c1-11-12-7-8-13(27(2,3)9-6-10-31(40)41)20(32)15(12)21(33)16-14(11)22(34)18-19(30(4)5)23(35)17(26(29)38)25(37)28(18,39)24(16)36/h7-8,11,14,18-19,22,32-34,37,39H,6,9-10H2,1-5H3,(H2,29,38). The molecule has 1 saturated carbocycles. The highest BCUT2D eigenvalue weighted by Gasteiger charge is 2.68.